The zero-order valence-corrected chi connectivity index (χ0v) is 9.94. The van der Waals surface area contributed by atoms with Crippen LogP contribution in [-0.2, 0) is 4.74 Å². The normalized spacial score (nSPS) is 24.0. The highest BCUT2D eigenvalue weighted by Crippen LogP contribution is 2.42. The number of aliphatic hydroxyl groups excluding tert-OH is 1. The molecule has 3 rings (SSSR count). The summed E-state index contributed by atoms with van der Waals surface area (Å²) in [5.41, 5.74) is 0.759. The first-order valence-corrected chi connectivity index (χ1v) is 5.98. The van der Waals surface area contributed by atoms with Gasteiger partial charge in [-0.2, -0.15) is 0 Å². The molecule has 2 atom stereocenters. The van der Waals surface area contributed by atoms with Crippen molar-refractivity contribution in [3.63, 3.8) is 0 Å². The molecule has 5 heteroatoms. The average molecular weight is 257 g/mol. The predicted molar refractivity (Wildman–Crippen MR) is 61.5 cm³/mol. The van der Waals surface area contributed by atoms with Gasteiger partial charge in [-0.3, -0.25) is 0 Å². The number of halogens is 1. The Bertz CT molecular complexity index is 429. The predicted octanol–water partition coefficient (Wildman–Crippen LogP) is 2.14. The van der Waals surface area contributed by atoms with Crippen LogP contribution in [0.1, 0.15) is 18.1 Å². The first-order valence-electron chi connectivity index (χ1n) is 5.60. The van der Waals surface area contributed by atoms with Crippen molar-refractivity contribution in [1.82, 2.24) is 0 Å². The third-order valence-electron chi connectivity index (χ3n) is 3.20. The van der Waals surface area contributed by atoms with Crippen LogP contribution in [0.4, 0.5) is 0 Å². The summed E-state index contributed by atoms with van der Waals surface area (Å²) in [6, 6.07) is 3.52. The number of benzene rings is 1. The highest BCUT2D eigenvalue weighted by molar-refractivity contribution is 6.32. The lowest BCUT2D eigenvalue weighted by Crippen LogP contribution is -2.12. The largest absolute Gasteiger partial charge is 0.454 e. The summed E-state index contributed by atoms with van der Waals surface area (Å²) in [6.45, 7) is 1.48. The van der Waals surface area contributed by atoms with E-state index < -0.39 is 6.10 Å². The molecule has 1 saturated heterocycles. The van der Waals surface area contributed by atoms with Crippen LogP contribution in [0.3, 0.4) is 0 Å². The highest BCUT2D eigenvalue weighted by atomic mass is 35.5. The monoisotopic (exact) mass is 256 g/mol. The van der Waals surface area contributed by atoms with E-state index in [0.717, 1.165) is 12.0 Å². The van der Waals surface area contributed by atoms with Gasteiger partial charge in [0.15, 0.2) is 11.5 Å². The number of ether oxygens (including phenoxy) is 3. The van der Waals surface area contributed by atoms with Gasteiger partial charge in [-0.1, -0.05) is 11.6 Å². The zero-order chi connectivity index (χ0) is 11.8. The first kappa shape index (κ1) is 11.1. The summed E-state index contributed by atoms with van der Waals surface area (Å²) < 4.78 is 15.8. The van der Waals surface area contributed by atoms with Gasteiger partial charge in [0, 0.05) is 12.5 Å². The van der Waals surface area contributed by atoms with Crippen molar-refractivity contribution in [1.29, 1.82) is 0 Å². The topological polar surface area (TPSA) is 47.9 Å². The standard InChI is InChI=1S/C12H13ClO4/c13-9-3-8(4-10-12(9)17-6-16-10)11(14)7-1-2-15-5-7/h3-4,7,11,14H,1-2,5-6H2. The lowest BCUT2D eigenvalue weighted by Gasteiger charge is -2.17. The molecule has 1 N–H and O–H groups in total. The van der Waals surface area contributed by atoms with Crippen molar-refractivity contribution in [3.05, 3.63) is 22.7 Å². The molecule has 0 bridgehead atoms. The molecule has 0 spiro atoms. The minimum absolute atomic E-state index is 0.131. The Hall–Kier alpha value is -0.970. The summed E-state index contributed by atoms with van der Waals surface area (Å²) >= 11 is 6.08. The lowest BCUT2D eigenvalue weighted by atomic mass is 9.95. The van der Waals surface area contributed by atoms with Crippen LogP contribution in [0.5, 0.6) is 11.5 Å². The summed E-state index contributed by atoms with van der Waals surface area (Å²) in [5.74, 6) is 1.29. The second-order valence-corrected chi connectivity index (χ2v) is 4.71. The zero-order valence-electron chi connectivity index (χ0n) is 9.19. The number of aliphatic hydroxyl groups is 1. The van der Waals surface area contributed by atoms with Gasteiger partial charge >= 0.3 is 0 Å². The molecule has 0 aromatic heterocycles. The van der Waals surface area contributed by atoms with E-state index in [1.807, 2.05) is 0 Å². The second kappa shape index (κ2) is 4.37. The number of fused-ring (bicyclic) bond motifs is 1. The molecule has 17 heavy (non-hydrogen) atoms. The highest BCUT2D eigenvalue weighted by Gasteiger charge is 2.28. The SMILES string of the molecule is OC(c1cc(Cl)c2c(c1)OCO2)C1CCOC1. The fourth-order valence-corrected chi connectivity index (χ4v) is 2.51. The fraction of sp³-hybridized carbons (Fsp3) is 0.500. The second-order valence-electron chi connectivity index (χ2n) is 4.31. The Kier molecular flexibility index (Phi) is 2.86. The number of hydrogen-bond acceptors (Lipinski definition) is 4. The Morgan fingerprint density at radius 1 is 1.35 bits per heavy atom. The molecule has 0 amide bonds. The van der Waals surface area contributed by atoms with Gasteiger partial charge in [-0.05, 0) is 24.1 Å². The van der Waals surface area contributed by atoms with Crippen molar-refractivity contribution in [3.8, 4) is 11.5 Å². The van der Waals surface area contributed by atoms with E-state index >= 15 is 0 Å². The van der Waals surface area contributed by atoms with E-state index in [9.17, 15) is 5.11 Å². The Balaban J connectivity index is 1.90. The van der Waals surface area contributed by atoms with Crippen LogP contribution >= 0.6 is 11.6 Å². The first-order chi connectivity index (χ1) is 8.25. The van der Waals surface area contributed by atoms with Crippen molar-refractivity contribution in [2.24, 2.45) is 5.92 Å². The molecule has 1 aromatic rings. The molecule has 1 aromatic carbocycles. The van der Waals surface area contributed by atoms with E-state index in [0.29, 0.717) is 29.7 Å². The fourth-order valence-electron chi connectivity index (χ4n) is 2.23. The molecule has 2 aliphatic heterocycles. The minimum atomic E-state index is -0.565. The quantitative estimate of drug-likeness (QED) is 0.881. The maximum Gasteiger partial charge on any atom is 0.231 e. The number of hydrogen-bond donors (Lipinski definition) is 1. The third kappa shape index (κ3) is 1.97. The molecule has 0 aliphatic carbocycles. The van der Waals surface area contributed by atoms with Crippen molar-refractivity contribution >= 4 is 11.6 Å². The molecule has 0 radical (unpaired) electrons. The summed E-state index contributed by atoms with van der Waals surface area (Å²) in [5, 5.41) is 10.7. The van der Waals surface area contributed by atoms with E-state index in [4.69, 9.17) is 25.8 Å². The van der Waals surface area contributed by atoms with Crippen molar-refractivity contribution < 1.29 is 19.3 Å². The maximum atomic E-state index is 10.2. The molecule has 2 unspecified atom stereocenters. The van der Waals surface area contributed by atoms with E-state index in [1.54, 1.807) is 12.1 Å². The van der Waals surface area contributed by atoms with Crippen molar-refractivity contribution in [2.75, 3.05) is 20.0 Å². The Labute approximate surface area is 104 Å². The van der Waals surface area contributed by atoms with Gasteiger partial charge in [0.1, 0.15) is 0 Å². The van der Waals surface area contributed by atoms with E-state index in [2.05, 4.69) is 0 Å². The Morgan fingerprint density at radius 3 is 3.00 bits per heavy atom. The van der Waals surface area contributed by atoms with Crippen LogP contribution in [0.15, 0.2) is 12.1 Å². The van der Waals surface area contributed by atoms with Crippen LogP contribution in [-0.4, -0.2) is 25.1 Å². The minimum Gasteiger partial charge on any atom is -0.454 e. The summed E-state index contributed by atoms with van der Waals surface area (Å²) in [4.78, 5) is 0. The lowest BCUT2D eigenvalue weighted by molar-refractivity contribution is 0.0916. The molecule has 1 fully saturated rings. The smallest absolute Gasteiger partial charge is 0.231 e. The summed E-state index contributed by atoms with van der Waals surface area (Å²) in [6.07, 6.45) is 0.303. The average Bonchev–Trinajstić information content (AvgIpc) is 2.98. The van der Waals surface area contributed by atoms with Gasteiger partial charge in [0.25, 0.3) is 0 Å². The molecule has 4 nitrogen and oxygen atoms in total. The molecule has 2 heterocycles. The molecular weight excluding hydrogens is 244 g/mol. The van der Waals surface area contributed by atoms with Crippen molar-refractivity contribution in [2.45, 2.75) is 12.5 Å². The van der Waals surface area contributed by atoms with Gasteiger partial charge < -0.3 is 19.3 Å². The Morgan fingerprint density at radius 2 is 2.24 bits per heavy atom. The molecular formula is C12H13ClO4. The molecule has 2 aliphatic rings. The van der Waals surface area contributed by atoms with Crippen LogP contribution < -0.4 is 9.47 Å². The van der Waals surface area contributed by atoms with Crippen LogP contribution in [0.25, 0.3) is 0 Å². The number of rotatable bonds is 2. The van der Waals surface area contributed by atoms with Gasteiger partial charge in [0.2, 0.25) is 6.79 Å². The third-order valence-corrected chi connectivity index (χ3v) is 3.48. The van der Waals surface area contributed by atoms with E-state index in [-0.39, 0.29) is 12.7 Å². The van der Waals surface area contributed by atoms with Gasteiger partial charge in [-0.15, -0.1) is 0 Å². The van der Waals surface area contributed by atoms with Gasteiger partial charge in [-0.25, -0.2) is 0 Å². The summed E-state index contributed by atoms with van der Waals surface area (Å²) in [7, 11) is 0. The maximum absolute atomic E-state index is 10.2. The van der Waals surface area contributed by atoms with Gasteiger partial charge in [0.05, 0.1) is 17.7 Å². The van der Waals surface area contributed by atoms with E-state index in [1.165, 1.54) is 0 Å². The van der Waals surface area contributed by atoms with Crippen LogP contribution in [0.2, 0.25) is 5.02 Å². The van der Waals surface area contributed by atoms with Crippen LogP contribution in [0, 0.1) is 5.92 Å². The molecule has 0 saturated carbocycles. The molecule has 92 valence electrons.